The van der Waals surface area contributed by atoms with Gasteiger partial charge < -0.3 is 4.70 Å². The van der Waals surface area contributed by atoms with Crippen LogP contribution in [0.5, 0.6) is 0 Å². The largest absolute Gasteiger partial charge is 1.00 e. The van der Waals surface area contributed by atoms with E-state index in [1.807, 2.05) is 11.3 Å². The molecular weight excluding hydrogens is 581 g/mol. The third-order valence-corrected chi connectivity index (χ3v) is 0.447. The Kier molecular flexibility index (Phi) is 5090. The van der Waals surface area contributed by atoms with E-state index >= 15 is 0 Å². The molecule has 0 heterocycles. The molecule has 0 fully saturated rings. The van der Waals surface area contributed by atoms with Gasteiger partial charge in [0.2, 0.25) is 0 Å². The predicted octanol–water partition coefficient (Wildman–Crippen LogP) is 7.48. The van der Waals surface area contributed by atoms with Gasteiger partial charge in [-0.2, -0.15) is 0 Å². The van der Waals surface area contributed by atoms with Crippen LogP contribution in [0.1, 0.15) is 150 Å². The summed E-state index contributed by atoms with van der Waals surface area (Å²) in [6.07, 6.45) is 6.68. The molecule has 0 rings (SSSR count). The summed E-state index contributed by atoms with van der Waals surface area (Å²) >= 11 is 3.73. The van der Waals surface area contributed by atoms with Gasteiger partial charge >= 0.3 is 27.9 Å². The third kappa shape index (κ3) is 885. The summed E-state index contributed by atoms with van der Waals surface area (Å²) in [7, 11) is 2.56. The molecule has 0 aliphatic rings. The van der Waals surface area contributed by atoms with E-state index in [-0.39, 0.29) is 176 Å². The number of terminal acetylenes is 2. The predicted molar refractivity (Wildman–Crippen MR) is 199 cm³/mol. The fourth-order valence-corrected chi connectivity index (χ4v) is 0.192. The van der Waals surface area contributed by atoms with Gasteiger partial charge in [0.05, 0.1) is 0 Å². The molecule has 0 aliphatic heterocycles. The topological polar surface area (TPSA) is 0 Å². The van der Waals surface area contributed by atoms with Crippen molar-refractivity contribution in [1.82, 2.24) is 0 Å². The molecule has 0 spiro atoms. The average molecular weight is 673 g/mol. The summed E-state index contributed by atoms with van der Waals surface area (Å²) < 4.78 is 12.7. The summed E-state index contributed by atoms with van der Waals surface area (Å²) in [6.45, 7) is 0. The van der Waals surface area contributed by atoms with Gasteiger partial charge in [-0.25, -0.2) is 0 Å². The van der Waals surface area contributed by atoms with Crippen LogP contribution in [0.4, 0.5) is 0 Å². The van der Waals surface area contributed by atoms with Crippen molar-refractivity contribution in [2.45, 2.75) is 149 Å². The fraction of sp³-hybridized carbons (Fsp3) is 0.677. The Morgan fingerprint density at radius 3 is 0.800 bits per heavy atom. The first-order valence-corrected chi connectivity index (χ1v) is 6.66. The van der Waals surface area contributed by atoms with Crippen LogP contribution < -0.4 is 27.1 Å². The molecule has 0 radical (unpaired) electrons. The molecule has 0 saturated carbocycles. The van der Waals surface area contributed by atoms with Crippen LogP contribution in [-0.2, 0) is 11.8 Å². The number of hydrogen-bond donors (Lipinski definition) is 0. The van der Waals surface area contributed by atoms with Gasteiger partial charge in [0.15, 0.2) is 0 Å². The first-order valence-electron chi connectivity index (χ1n) is 3.75. The molecule has 238 valence electrons. The summed E-state index contributed by atoms with van der Waals surface area (Å²) in [5.41, 5.74) is 0. The fourth-order valence-electron chi connectivity index (χ4n) is 0.192. The Morgan fingerprint density at radius 1 is 0.514 bits per heavy atom. The van der Waals surface area contributed by atoms with Gasteiger partial charge in [0, 0.05) is 0 Å². The molecule has 0 amide bonds. The zero-order chi connectivity index (χ0) is 13.1. The van der Waals surface area contributed by atoms with Gasteiger partial charge in [-0.1, -0.05) is 160 Å². The Balaban J connectivity index is -0.00000000279. The van der Waals surface area contributed by atoms with E-state index in [2.05, 4.69) is 67.2 Å². The first-order chi connectivity index (χ1) is 7.83. The molecular formula is C31H87FIPS-2. The van der Waals surface area contributed by atoms with Gasteiger partial charge in [-0.15, -0.1) is 12.8 Å². The van der Waals surface area contributed by atoms with Gasteiger partial charge in [0.25, 0.3) is 0 Å². The normalized spacial score (nSPS) is 1.94. The van der Waals surface area contributed by atoms with Crippen LogP contribution in [0, 0.1) is 60.2 Å². The molecule has 0 atom stereocenters. The summed E-state index contributed by atoms with van der Waals surface area (Å²) in [5, 5.41) is 0. The zero-order valence-electron chi connectivity index (χ0n) is 9.74. The number of hydrogen-bond acceptors (Lipinski definition) is 1. The summed E-state index contributed by atoms with van der Waals surface area (Å²) in [6, 6.07) is 0. The van der Waals surface area contributed by atoms with E-state index < -0.39 is 0 Å². The minimum Gasteiger partial charge on any atom is -1.00 e. The zero-order valence-corrected chi connectivity index (χ0v) is 11.7. The Labute approximate surface area is 261 Å². The molecule has 0 aromatic heterocycles. The Bertz CT molecular complexity index is 451. The molecule has 0 aliphatic carbocycles. The van der Waals surface area contributed by atoms with E-state index in [1.54, 1.807) is 0 Å². The van der Waals surface area contributed by atoms with E-state index in [0.29, 0.717) is 0 Å². The monoisotopic (exact) mass is 673 g/mol. The molecule has 0 unspecified atom stereocenters. The van der Waals surface area contributed by atoms with Crippen LogP contribution in [0.25, 0.3) is 0 Å². The molecule has 4 heteroatoms. The van der Waals surface area contributed by atoms with Crippen molar-refractivity contribution in [2.24, 2.45) is 0 Å². The van der Waals surface area contributed by atoms with E-state index in [4.69, 9.17) is 8.39 Å². The number of alkyl halides is 1. The molecule has 0 aromatic rings. The van der Waals surface area contributed by atoms with Crippen LogP contribution in [0.2, 0.25) is 0 Å². The van der Waals surface area contributed by atoms with E-state index in [9.17, 15) is 0 Å². The van der Waals surface area contributed by atoms with Gasteiger partial charge in [0.1, 0.15) is 1.37 Å². The minimum atomic E-state index is -0.160. The second-order valence-electron chi connectivity index (χ2n) is 1.02. The van der Waals surface area contributed by atoms with Crippen LogP contribution in [0.15, 0.2) is 0 Å². The van der Waals surface area contributed by atoms with E-state index in [0.717, 1.165) is 0 Å². The smallest absolute Gasteiger partial charge is 1.00 e. The quantitative estimate of drug-likeness (QED) is 0.111. The number of halogens is 2. The van der Waals surface area contributed by atoms with Crippen LogP contribution >= 0.6 is 8.02 Å². The standard InChI is InChI=1S/C10H2.CH4I.20CH4.FH.HPS/c1-3-5-7-9-10-8-6-4-2;1-2;;;;;;;;;;;;;;;;;;;;;;1-2/h1-2H;2H,1H3;20*1H4;1H;1H/q;-1;;;;;;;;;;;;;;;;;;;;;;/p-1/i1T;2T;;;;;;;;;;;;;;;;;;;;;;. The summed E-state index contributed by atoms with van der Waals surface area (Å²) in [5.74, 6) is 18.4. The van der Waals surface area contributed by atoms with E-state index in [1.165, 1.54) is 0 Å². The van der Waals surface area contributed by atoms with Crippen molar-refractivity contribution in [3.05, 3.63) is 0 Å². The maximum atomic E-state index is 6.38. The summed E-state index contributed by atoms with van der Waals surface area (Å²) in [4.78, 5) is 1.90. The van der Waals surface area contributed by atoms with Crippen LogP contribution in [-0.4, -0.2) is 5.52 Å². The Hall–Kier alpha value is -1.02. The van der Waals surface area contributed by atoms with Crippen molar-refractivity contribution < 1.29 is 28.5 Å². The molecule has 0 N–H and O–H groups in total. The van der Waals surface area contributed by atoms with Crippen molar-refractivity contribution in [2.75, 3.05) is 4.93 Å². The molecule has 0 saturated heterocycles. The molecule has 0 bridgehead atoms. The maximum Gasteiger partial charge on any atom is -1.00 e. The van der Waals surface area contributed by atoms with Crippen LogP contribution in [0.3, 0.4) is 0 Å². The van der Waals surface area contributed by atoms with Crippen molar-refractivity contribution in [1.29, 1.82) is 0.594 Å². The second-order valence-corrected chi connectivity index (χ2v) is 1.02. The first kappa shape index (κ1) is 258. The van der Waals surface area contributed by atoms with Crippen molar-refractivity contribution in [3.63, 3.8) is 0 Å². The SMILES string of the molecule is C.C.C.C.C.C.C.C.C.C.C.C.C.C.C.C.C.C.C.C.P=S.[3H]C#CC#CC#CC#CC#C.[3H][I-]C.[F-]. The molecule has 0 aromatic carbocycles. The second kappa shape index (κ2) is 692. The van der Waals surface area contributed by atoms with Gasteiger partial charge in [-0.05, 0) is 55.4 Å². The number of rotatable bonds is 0. The third-order valence-electron chi connectivity index (χ3n) is 0.447. The molecule has 0 nitrogen and oxygen atoms in total. The van der Waals surface area contributed by atoms with Crippen molar-refractivity contribution >= 4 is 19.8 Å². The molecule has 35 heavy (non-hydrogen) atoms. The Morgan fingerprint density at radius 2 is 0.657 bits per heavy atom. The van der Waals surface area contributed by atoms with Crippen molar-refractivity contribution in [3.8, 4) is 60.2 Å². The van der Waals surface area contributed by atoms with Gasteiger partial charge in [-0.3, -0.25) is 0 Å². The average Bonchev–Trinajstić information content (AvgIpc) is 2.32. The minimum absolute atomic E-state index is 0. The maximum absolute atomic E-state index is 6.38.